The lowest BCUT2D eigenvalue weighted by molar-refractivity contribution is 0.0447. The standard InChI is InChI=1S/C13H18FNO2/c1-16-13-5-2-9(6-12(13)14)8-17-11-4-3-10(15)7-11/h2,5-6,10-11H,3-4,7-8,15H2,1H3. The summed E-state index contributed by atoms with van der Waals surface area (Å²) in [6.45, 7) is 0.429. The van der Waals surface area contributed by atoms with E-state index in [4.69, 9.17) is 15.2 Å². The highest BCUT2D eigenvalue weighted by molar-refractivity contribution is 5.28. The van der Waals surface area contributed by atoms with Gasteiger partial charge < -0.3 is 15.2 Å². The lowest BCUT2D eigenvalue weighted by atomic mass is 10.2. The lowest BCUT2D eigenvalue weighted by Gasteiger charge is -2.12. The van der Waals surface area contributed by atoms with Crippen molar-refractivity contribution in [2.45, 2.75) is 38.0 Å². The molecule has 3 nitrogen and oxygen atoms in total. The van der Waals surface area contributed by atoms with Gasteiger partial charge in [0.2, 0.25) is 0 Å². The van der Waals surface area contributed by atoms with Crippen LogP contribution in [0.5, 0.6) is 5.75 Å². The molecule has 1 saturated carbocycles. The summed E-state index contributed by atoms with van der Waals surface area (Å²) in [6, 6.07) is 5.14. The first-order valence-corrected chi connectivity index (χ1v) is 5.88. The molecule has 2 atom stereocenters. The molecule has 1 aromatic carbocycles. The average Bonchev–Trinajstić information content (AvgIpc) is 2.73. The van der Waals surface area contributed by atoms with Gasteiger partial charge in [-0.25, -0.2) is 4.39 Å². The Morgan fingerprint density at radius 3 is 2.82 bits per heavy atom. The zero-order valence-electron chi connectivity index (χ0n) is 9.99. The van der Waals surface area contributed by atoms with Gasteiger partial charge in [-0.2, -0.15) is 0 Å². The fourth-order valence-electron chi connectivity index (χ4n) is 2.14. The number of benzene rings is 1. The summed E-state index contributed by atoms with van der Waals surface area (Å²) in [4.78, 5) is 0. The maximum atomic E-state index is 13.4. The monoisotopic (exact) mass is 239 g/mol. The molecule has 17 heavy (non-hydrogen) atoms. The molecule has 0 aromatic heterocycles. The fraction of sp³-hybridized carbons (Fsp3) is 0.538. The average molecular weight is 239 g/mol. The molecule has 2 N–H and O–H groups in total. The van der Waals surface area contributed by atoms with Crippen LogP contribution in [-0.4, -0.2) is 19.3 Å². The maximum absolute atomic E-state index is 13.4. The van der Waals surface area contributed by atoms with Gasteiger partial charge in [-0.15, -0.1) is 0 Å². The quantitative estimate of drug-likeness (QED) is 0.876. The van der Waals surface area contributed by atoms with Crippen LogP contribution >= 0.6 is 0 Å². The summed E-state index contributed by atoms with van der Waals surface area (Å²) >= 11 is 0. The predicted molar refractivity (Wildman–Crippen MR) is 63.4 cm³/mol. The van der Waals surface area contributed by atoms with Crippen molar-refractivity contribution in [3.05, 3.63) is 29.6 Å². The normalized spacial score (nSPS) is 23.9. The first-order valence-electron chi connectivity index (χ1n) is 5.88. The Kier molecular flexibility index (Phi) is 3.97. The number of hydrogen-bond acceptors (Lipinski definition) is 3. The molecule has 0 bridgehead atoms. The third-order valence-electron chi connectivity index (χ3n) is 3.13. The van der Waals surface area contributed by atoms with Gasteiger partial charge in [0.1, 0.15) is 0 Å². The van der Waals surface area contributed by atoms with E-state index in [2.05, 4.69) is 0 Å². The molecule has 0 spiro atoms. The summed E-state index contributed by atoms with van der Waals surface area (Å²) in [6.07, 6.45) is 3.13. The number of nitrogens with two attached hydrogens (primary N) is 1. The minimum atomic E-state index is -0.350. The molecule has 2 rings (SSSR count). The molecule has 0 radical (unpaired) electrons. The van der Waals surface area contributed by atoms with Gasteiger partial charge in [0.05, 0.1) is 19.8 Å². The summed E-state index contributed by atoms with van der Waals surface area (Å²) < 4.78 is 24.0. The van der Waals surface area contributed by atoms with Crippen molar-refractivity contribution in [1.29, 1.82) is 0 Å². The predicted octanol–water partition coefficient (Wildman–Crippen LogP) is 2.23. The van der Waals surface area contributed by atoms with E-state index >= 15 is 0 Å². The smallest absolute Gasteiger partial charge is 0.165 e. The highest BCUT2D eigenvalue weighted by atomic mass is 19.1. The van der Waals surface area contributed by atoms with E-state index in [1.165, 1.54) is 13.2 Å². The molecule has 94 valence electrons. The van der Waals surface area contributed by atoms with Crippen LogP contribution in [0, 0.1) is 5.82 Å². The van der Waals surface area contributed by atoms with Crippen LogP contribution in [0.1, 0.15) is 24.8 Å². The highest BCUT2D eigenvalue weighted by Crippen LogP contribution is 2.23. The first kappa shape index (κ1) is 12.3. The molecule has 0 amide bonds. The van der Waals surface area contributed by atoms with E-state index in [0.29, 0.717) is 6.61 Å². The van der Waals surface area contributed by atoms with Gasteiger partial charge in [-0.3, -0.25) is 0 Å². The third kappa shape index (κ3) is 3.17. The van der Waals surface area contributed by atoms with Crippen LogP contribution in [0.3, 0.4) is 0 Å². The fourth-order valence-corrected chi connectivity index (χ4v) is 2.14. The Labute approximate surface area is 101 Å². The van der Waals surface area contributed by atoms with Gasteiger partial charge in [0.15, 0.2) is 11.6 Å². The number of ether oxygens (including phenoxy) is 2. The van der Waals surface area contributed by atoms with E-state index in [0.717, 1.165) is 24.8 Å². The van der Waals surface area contributed by atoms with E-state index in [1.807, 2.05) is 6.07 Å². The van der Waals surface area contributed by atoms with Gasteiger partial charge in [0, 0.05) is 6.04 Å². The Morgan fingerprint density at radius 2 is 2.24 bits per heavy atom. The molecule has 1 aliphatic carbocycles. The Bertz CT molecular complexity index is 384. The van der Waals surface area contributed by atoms with Crippen molar-refractivity contribution >= 4 is 0 Å². The molecule has 0 aliphatic heterocycles. The number of hydrogen-bond donors (Lipinski definition) is 1. The van der Waals surface area contributed by atoms with Crippen molar-refractivity contribution in [3.63, 3.8) is 0 Å². The summed E-state index contributed by atoms with van der Waals surface area (Å²) in [7, 11) is 1.45. The van der Waals surface area contributed by atoms with E-state index < -0.39 is 0 Å². The molecule has 1 aromatic rings. The number of halogens is 1. The Morgan fingerprint density at radius 1 is 1.41 bits per heavy atom. The second kappa shape index (κ2) is 5.47. The summed E-state index contributed by atoms with van der Waals surface area (Å²) in [5, 5.41) is 0. The molecule has 0 heterocycles. The topological polar surface area (TPSA) is 44.5 Å². The van der Waals surface area contributed by atoms with Gasteiger partial charge in [-0.1, -0.05) is 6.07 Å². The van der Waals surface area contributed by atoms with Gasteiger partial charge >= 0.3 is 0 Å². The lowest BCUT2D eigenvalue weighted by Crippen LogP contribution is -2.17. The van der Waals surface area contributed by atoms with E-state index in [1.54, 1.807) is 6.07 Å². The maximum Gasteiger partial charge on any atom is 0.165 e. The molecular weight excluding hydrogens is 221 g/mol. The van der Waals surface area contributed by atoms with Gasteiger partial charge in [0.25, 0.3) is 0 Å². The van der Waals surface area contributed by atoms with Crippen LogP contribution in [0.2, 0.25) is 0 Å². The molecule has 1 aliphatic rings. The van der Waals surface area contributed by atoms with Crippen molar-refractivity contribution in [3.8, 4) is 5.75 Å². The highest BCUT2D eigenvalue weighted by Gasteiger charge is 2.22. The second-order valence-corrected chi connectivity index (χ2v) is 4.48. The Balaban J connectivity index is 1.88. The molecule has 0 saturated heterocycles. The van der Waals surface area contributed by atoms with E-state index in [9.17, 15) is 4.39 Å². The third-order valence-corrected chi connectivity index (χ3v) is 3.13. The molecule has 2 unspecified atom stereocenters. The zero-order chi connectivity index (χ0) is 12.3. The number of rotatable bonds is 4. The van der Waals surface area contributed by atoms with Crippen molar-refractivity contribution in [2.24, 2.45) is 5.73 Å². The molecule has 1 fully saturated rings. The second-order valence-electron chi connectivity index (χ2n) is 4.48. The first-order chi connectivity index (χ1) is 8.19. The van der Waals surface area contributed by atoms with Crippen molar-refractivity contribution in [2.75, 3.05) is 7.11 Å². The largest absolute Gasteiger partial charge is 0.494 e. The minimum absolute atomic E-state index is 0.218. The van der Waals surface area contributed by atoms with Crippen LogP contribution in [0.15, 0.2) is 18.2 Å². The van der Waals surface area contributed by atoms with Crippen LogP contribution in [0.4, 0.5) is 4.39 Å². The molecular formula is C13H18FNO2. The summed E-state index contributed by atoms with van der Waals surface area (Å²) in [5.74, 6) is -0.0895. The zero-order valence-corrected chi connectivity index (χ0v) is 9.99. The van der Waals surface area contributed by atoms with Crippen LogP contribution < -0.4 is 10.5 Å². The van der Waals surface area contributed by atoms with Gasteiger partial charge in [-0.05, 0) is 37.0 Å². The minimum Gasteiger partial charge on any atom is -0.494 e. The Hall–Kier alpha value is -1.13. The molecule has 4 heteroatoms. The summed E-state index contributed by atoms with van der Waals surface area (Å²) in [5.41, 5.74) is 6.62. The van der Waals surface area contributed by atoms with Crippen LogP contribution in [0.25, 0.3) is 0 Å². The SMILES string of the molecule is COc1ccc(COC2CCC(N)C2)cc1F. The number of methoxy groups -OCH3 is 1. The van der Waals surface area contributed by atoms with Crippen molar-refractivity contribution < 1.29 is 13.9 Å². The van der Waals surface area contributed by atoms with E-state index in [-0.39, 0.29) is 23.7 Å². The van der Waals surface area contributed by atoms with Crippen LogP contribution in [-0.2, 0) is 11.3 Å². The van der Waals surface area contributed by atoms with Crippen molar-refractivity contribution in [1.82, 2.24) is 0 Å².